The first-order valence-electron chi connectivity index (χ1n) is 11.5. The summed E-state index contributed by atoms with van der Waals surface area (Å²) in [6, 6.07) is 38.2. The number of rotatable bonds is 5. The highest BCUT2D eigenvalue weighted by Gasteiger charge is 2.32. The lowest BCUT2D eigenvalue weighted by atomic mass is 9.70. The van der Waals surface area contributed by atoms with Crippen molar-refractivity contribution in [2.75, 3.05) is 0 Å². The molecule has 0 saturated carbocycles. The molecule has 0 spiro atoms. The summed E-state index contributed by atoms with van der Waals surface area (Å²) in [4.78, 5) is 0. The number of hydrogen-bond donors (Lipinski definition) is 3. The van der Waals surface area contributed by atoms with Crippen LogP contribution >= 0.6 is 0 Å². The van der Waals surface area contributed by atoms with Gasteiger partial charge in [-0.15, -0.1) is 0 Å². The molecule has 0 aliphatic heterocycles. The Morgan fingerprint density at radius 3 is 1.29 bits per heavy atom. The maximum atomic E-state index is 10.7. The first-order valence-corrected chi connectivity index (χ1v) is 11.5. The lowest BCUT2D eigenvalue weighted by molar-refractivity contribution is 0.474. The molecule has 35 heavy (non-hydrogen) atoms. The van der Waals surface area contributed by atoms with Gasteiger partial charge in [-0.05, 0) is 71.1 Å². The van der Waals surface area contributed by atoms with E-state index in [1.165, 1.54) is 0 Å². The van der Waals surface area contributed by atoms with Gasteiger partial charge in [0.1, 0.15) is 17.2 Å². The maximum Gasteiger partial charge on any atom is 0.123 e. The van der Waals surface area contributed by atoms with Crippen LogP contribution in [0.1, 0.15) is 23.6 Å². The Morgan fingerprint density at radius 2 is 0.857 bits per heavy atom. The number of phenols is 3. The van der Waals surface area contributed by atoms with Crippen LogP contribution in [0.3, 0.4) is 0 Å². The van der Waals surface area contributed by atoms with Crippen LogP contribution < -0.4 is 0 Å². The third-order valence-electron chi connectivity index (χ3n) is 6.76. The normalized spacial score (nSPS) is 11.3. The molecule has 3 nitrogen and oxygen atoms in total. The van der Waals surface area contributed by atoms with E-state index in [1.54, 1.807) is 24.3 Å². The number of aromatic hydroxyl groups is 3. The first kappa shape index (κ1) is 22.3. The summed E-state index contributed by atoms with van der Waals surface area (Å²) in [5.41, 5.74) is 5.64. The summed E-state index contributed by atoms with van der Waals surface area (Å²) < 4.78 is 0. The van der Waals surface area contributed by atoms with Gasteiger partial charge >= 0.3 is 0 Å². The van der Waals surface area contributed by atoms with Crippen LogP contribution in [0.25, 0.3) is 22.3 Å². The number of hydrogen-bond acceptors (Lipinski definition) is 3. The van der Waals surface area contributed by atoms with Gasteiger partial charge in [-0.25, -0.2) is 0 Å². The monoisotopic (exact) mass is 458 g/mol. The quantitative estimate of drug-likeness (QED) is 0.239. The molecule has 0 amide bonds. The Kier molecular flexibility index (Phi) is 5.76. The SMILES string of the molecule is CC(c1ccc(O)cc1)(c1ccc(O)c(-c2ccccc2)c1)c1ccc(O)c(-c2ccccc2)c1. The van der Waals surface area contributed by atoms with Crippen LogP contribution in [0.5, 0.6) is 17.2 Å². The van der Waals surface area contributed by atoms with Gasteiger partial charge in [-0.2, -0.15) is 0 Å². The summed E-state index contributed by atoms with van der Waals surface area (Å²) in [6.07, 6.45) is 0. The summed E-state index contributed by atoms with van der Waals surface area (Å²) in [6.45, 7) is 2.13. The molecule has 0 radical (unpaired) electrons. The van der Waals surface area contributed by atoms with E-state index in [0.29, 0.717) is 0 Å². The van der Waals surface area contributed by atoms with Gasteiger partial charge in [0.05, 0.1) is 0 Å². The predicted octanol–water partition coefficient (Wildman–Crippen LogP) is 7.49. The van der Waals surface area contributed by atoms with E-state index >= 15 is 0 Å². The molecule has 0 saturated heterocycles. The van der Waals surface area contributed by atoms with E-state index in [-0.39, 0.29) is 17.2 Å². The third-order valence-corrected chi connectivity index (χ3v) is 6.76. The zero-order valence-corrected chi connectivity index (χ0v) is 19.4. The molecule has 3 heteroatoms. The van der Waals surface area contributed by atoms with E-state index in [0.717, 1.165) is 38.9 Å². The van der Waals surface area contributed by atoms with Crippen LogP contribution in [0, 0.1) is 0 Å². The fourth-order valence-electron chi connectivity index (χ4n) is 4.69. The van der Waals surface area contributed by atoms with Gasteiger partial charge in [0.15, 0.2) is 0 Å². The molecule has 0 unspecified atom stereocenters. The molecule has 0 heterocycles. The average molecular weight is 459 g/mol. The number of benzene rings is 5. The van der Waals surface area contributed by atoms with Crippen molar-refractivity contribution in [2.24, 2.45) is 0 Å². The van der Waals surface area contributed by atoms with Crippen molar-refractivity contribution in [3.8, 4) is 39.5 Å². The summed E-state index contributed by atoms with van der Waals surface area (Å²) in [7, 11) is 0. The van der Waals surface area contributed by atoms with Crippen molar-refractivity contribution in [1.82, 2.24) is 0 Å². The zero-order valence-electron chi connectivity index (χ0n) is 19.4. The molecule has 0 atom stereocenters. The fraction of sp³-hybridized carbons (Fsp3) is 0.0625. The molecule has 172 valence electrons. The second kappa shape index (κ2) is 9.03. The van der Waals surface area contributed by atoms with E-state index in [1.807, 2.05) is 97.1 Å². The van der Waals surface area contributed by atoms with Crippen LogP contribution in [0.2, 0.25) is 0 Å². The van der Waals surface area contributed by atoms with E-state index in [2.05, 4.69) is 6.92 Å². The van der Waals surface area contributed by atoms with E-state index in [9.17, 15) is 15.3 Å². The Labute approximate surface area is 205 Å². The Morgan fingerprint density at radius 1 is 0.457 bits per heavy atom. The second-order valence-corrected chi connectivity index (χ2v) is 8.87. The van der Waals surface area contributed by atoms with Gasteiger partial charge in [0, 0.05) is 16.5 Å². The first-order chi connectivity index (χ1) is 17.0. The van der Waals surface area contributed by atoms with Crippen molar-refractivity contribution in [1.29, 1.82) is 0 Å². The smallest absolute Gasteiger partial charge is 0.123 e. The van der Waals surface area contributed by atoms with Gasteiger partial charge in [0.25, 0.3) is 0 Å². The van der Waals surface area contributed by atoms with Crippen molar-refractivity contribution >= 4 is 0 Å². The summed E-state index contributed by atoms with van der Waals surface area (Å²) >= 11 is 0. The van der Waals surface area contributed by atoms with Crippen molar-refractivity contribution in [2.45, 2.75) is 12.3 Å². The second-order valence-electron chi connectivity index (χ2n) is 8.87. The van der Waals surface area contributed by atoms with Crippen molar-refractivity contribution < 1.29 is 15.3 Å². The lowest BCUT2D eigenvalue weighted by Crippen LogP contribution is -2.25. The molecule has 0 aliphatic rings. The molecule has 0 bridgehead atoms. The molecule has 0 aliphatic carbocycles. The van der Waals surface area contributed by atoms with E-state index < -0.39 is 5.41 Å². The highest BCUT2D eigenvalue weighted by molar-refractivity contribution is 5.74. The highest BCUT2D eigenvalue weighted by Crippen LogP contribution is 2.44. The van der Waals surface area contributed by atoms with Crippen molar-refractivity contribution in [3.63, 3.8) is 0 Å². The largest absolute Gasteiger partial charge is 0.508 e. The van der Waals surface area contributed by atoms with Gasteiger partial charge in [-0.1, -0.05) is 84.9 Å². The molecule has 5 aromatic carbocycles. The average Bonchev–Trinajstić information content (AvgIpc) is 2.90. The predicted molar refractivity (Wildman–Crippen MR) is 141 cm³/mol. The topological polar surface area (TPSA) is 60.7 Å². The molecule has 0 aromatic heterocycles. The lowest BCUT2D eigenvalue weighted by Gasteiger charge is -2.33. The van der Waals surface area contributed by atoms with Gasteiger partial charge < -0.3 is 15.3 Å². The van der Waals surface area contributed by atoms with Gasteiger partial charge in [-0.3, -0.25) is 0 Å². The number of phenolic OH excluding ortho intramolecular Hbond substituents is 3. The summed E-state index contributed by atoms with van der Waals surface area (Å²) in [5, 5.41) is 31.3. The Balaban J connectivity index is 1.75. The highest BCUT2D eigenvalue weighted by atomic mass is 16.3. The van der Waals surface area contributed by atoms with Crippen LogP contribution in [-0.2, 0) is 5.41 Å². The molecular weight excluding hydrogens is 432 g/mol. The van der Waals surface area contributed by atoms with Crippen LogP contribution in [0.15, 0.2) is 121 Å². The summed E-state index contributed by atoms with van der Waals surface area (Å²) in [5.74, 6) is 0.620. The van der Waals surface area contributed by atoms with E-state index in [4.69, 9.17) is 0 Å². The minimum atomic E-state index is -0.637. The minimum absolute atomic E-state index is 0.197. The van der Waals surface area contributed by atoms with Crippen molar-refractivity contribution in [3.05, 3.63) is 138 Å². The fourth-order valence-corrected chi connectivity index (χ4v) is 4.69. The molecule has 3 N–H and O–H groups in total. The Hall–Kier alpha value is -4.50. The maximum absolute atomic E-state index is 10.7. The molecule has 5 rings (SSSR count). The minimum Gasteiger partial charge on any atom is -0.508 e. The zero-order chi connectivity index (χ0) is 24.4. The van der Waals surface area contributed by atoms with Gasteiger partial charge in [0.2, 0.25) is 0 Å². The molecule has 5 aromatic rings. The standard InChI is InChI=1S/C32H26O3/c1-32(24-12-16-27(33)17-13-24,25-14-18-30(34)28(20-25)22-8-4-2-5-9-22)26-15-19-31(35)29(21-26)23-10-6-3-7-11-23/h2-21,33-35H,1H3. The van der Waals surface area contributed by atoms with Crippen LogP contribution in [0.4, 0.5) is 0 Å². The molecule has 0 fully saturated rings. The Bertz CT molecular complexity index is 1370. The third kappa shape index (κ3) is 4.13. The van der Waals surface area contributed by atoms with Crippen LogP contribution in [-0.4, -0.2) is 15.3 Å². The molecular formula is C32H26O3.